The molecule has 3 aromatic rings. The van der Waals surface area contributed by atoms with Crippen molar-refractivity contribution in [1.82, 2.24) is 15.1 Å². The van der Waals surface area contributed by atoms with Crippen molar-refractivity contribution in [1.29, 1.82) is 0 Å². The van der Waals surface area contributed by atoms with Crippen molar-refractivity contribution in [2.24, 2.45) is 0 Å². The van der Waals surface area contributed by atoms with E-state index in [0.717, 1.165) is 22.5 Å². The van der Waals surface area contributed by atoms with Crippen LogP contribution in [0.2, 0.25) is 0 Å². The molecule has 0 saturated carbocycles. The molecule has 0 radical (unpaired) electrons. The maximum Gasteiger partial charge on any atom is 0.340 e. The molecule has 27 heavy (non-hydrogen) atoms. The van der Waals surface area contributed by atoms with Gasteiger partial charge in [-0.1, -0.05) is 30.3 Å². The number of nitrogens with zero attached hydrogens (tertiary/aromatic N) is 2. The zero-order valence-electron chi connectivity index (χ0n) is 15.1. The molecule has 0 fully saturated rings. The summed E-state index contributed by atoms with van der Waals surface area (Å²) in [6.07, 6.45) is 3.77. The van der Waals surface area contributed by atoms with E-state index >= 15 is 0 Å². The average molecular weight is 401 g/mol. The molecule has 140 valence electrons. The van der Waals surface area contributed by atoms with Gasteiger partial charge in [0, 0.05) is 29.7 Å². The van der Waals surface area contributed by atoms with Gasteiger partial charge >= 0.3 is 5.97 Å². The topological polar surface area (TPSA) is 68.2 Å². The Morgan fingerprint density at radius 3 is 2.78 bits per heavy atom. The smallest absolute Gasteiger partial charge is 0.340 e. The van der Waals surface area contributed by atoms with Crippen molar-refractivity contribution in [2.45, 2.75) is 20.0 Å². The first-order valence-corrected chi connectivity index (χ1v) is 9.67. The second-order valence-corrected chi connectivity index (χ2v) is 7.18. The lowest BCUT2D eigenvalue weighted by Gasteiger charge is -2.09. The quantitative estimate of drug-likeness (QED) is 0.483. The molecule has 3 rings (SSSR count). The molecule has 2 heterocycles. The van der Waals surface area contributed by atoms with Gasteiger partial charge in [-0.25, -0.2) is 4.79 Å². The average Bonchev–Trinajstić information content (AvgIpc) is 3.33. The largest absolute Gasteiger partial charge is 0.465 e. The predicted molar refractivity (Wildman–Crippen MR) is 112 cm³/mol. The summed E-state index contributed by atoms with van der Waals surface area (Å²) in [7, 11) is 1.37. The van der Waals surface area contributed by atoms with Gasteiger partial charge in [0.2, 0.25) is 0 Å². The normalized spacial score (nSPS) is 10.4. The van der Waals surface area contributed by atoms with Crippen molar-refractivity contribution >= 4 is 39.6 Å². The van der Waals surface area contributed by atoms with Crippen molar-refractivity contribution < 1.29 is 9.53 Å². The van der Waals surface area contributed by atoms with Crippen molar-refractivity contribution in [3.8, 4) is 10.4 Å². The fraction of sp³-hybridized carbons (Fsp3) is 0.211. The van der Waals surface area contributed by atoms with Crippen molar-refractivity contribution in [3.63, 3.8) is 0 Å². The minimum Gasteiger partial charge on any atom is -0.465 e. The van der Waals surface area contributed by atoms with Crippen LogP contribution in [-0.4, -0.2) is 28.0 Å². The maximum atomic E-state index is 12.1. The van der Waals surface area contributed by atoms with Gasteiger partial charge in [-0.05, 0) is 30.8 Å². The molecule has 8 heteroatoms. The van der Waals surface area contributed by atoms with Crippen molar-refractivity contribution in [3.05, 3.63) is 59.9 Å². The van der Waals surface area contributed by atoms with E-state index in [-0.39, 0.29) is 0 Å². The van der Waals surface area contributed by atoms with Crippen molar-refractivity contribution in [2.75, 3.05) is 12.4 Å². The third-order valence-corrected chi connectivity index (χ3v) is 5.23. The number of thiocarbonyl (C=S) groups is 1. The highest BCUT2D eigenvalue weighted by Crippen LogP contribution is 2.35. The van der Waals surface area contributed by atoms with Crippen LogP contribution >= 0.6 is 23.6 Å². The summed E-state index contributed by atoms with van der Waals surface area (Å²) in [6, 6.07) is 11.7. The zero-order chi connectivity index (χ0) is 19.2. The number of ether oxygens (including phenoxy) is 1. The van der Waals surface area contributed by atoms with E-state index in [4.69, 9.17) is 17.0 Å². The molecule has 0 atom stereocenters. The first kappa shape index (κ1) is 19.1. The van der Waals surface area contributed by atoms with Crippen LogP contribution in [0.5, 0.6) is 0 Å². The Balaban J connectivity index is 1.73. The molecular formula is C19H20N4O2S2. The molecule has 1 aromatic carbocycles. The van der Waals surface area contributed by atoms with E-state index in [1.807, 2.05) is 54.2 Å². The highest BCUT2D eigenvalue weighted by atomic mass is 32.1. The molecule has 0 aliphatic carbocycles. The number of anilines is 1. The summed E-state index contributed by atoms with van der Waals surface area (Å²) in [5.74, 6) is -0.400. The second-order valence-electron chi connectivity index (χ2n) is 5.72. The van der Waals surface area contributed by atoms with Gasteiger partial charge < -0.3 is 15.4 Å². The van der Waals surface area contributed by atoms with Gasteiger partial charge in [0.1, 0.15) is 5.00 Å². The Morgan fingerprint density at radius 2 is 2.11 bits per heavy atom. The van der Waals surface area contributed by atoms with E-state index < -0.39 is 5.97 Å². The van der Waals surface area contributed by atoms with Crippen LogP contribution in [-0.2, 0) is 17.8 Å². The first-order valence-electron chi connectivity index (χ1n) is 8.44. The number of hydrogen-bond acceptors (Lipinski definition) is 5. The number of carbonyl (C=O) groups excluding carboxylic acids is 1. The molecule has 0 spiro atoms. The van der Waals surface area contributed by atoms with E-state index in [1.165, 1.54) is 18.4 Å². The third-order valence-electron chi connectivity index (χ3n) is 3.89. The predicted octanol–water partition coefficient (Wildman–Crippen LogP) is 3.90. The fourth-order valence-electron chi connectivity index (χ4n) is 2.49. The van der Waals surface area contributed by atoms with Crippen LogP contribution in [0.25, 0.3) is 10.4 Å². The summed E-state index contributed by atoms with van der Waals surface area (Å²) in [4.78, 5) is 13.1. The number of hydrogen-bond donors (Lipinski definition) is 2. The lowest BCUT2D eigenvalue weighted by Crippen LogP contribution is -2.28. The maximum absolute atomic E-state index is 12.1. The number of aryl methyl sites for hydroxylation is 1. The Labute approximate surface area is 167 Å². The van der Waals surface area contributed by atoms with Gasteiger partial charge in [0.15, 0.2) is 5.11 Å². The zero-order valence-corrected chi connectivity index (χ0v) is 16.7. The molecular weight excluding hydrogens is 380 g/mol. The highest BCUT2D eigenvalue weighted by Gasteiger charge is 2.18. The van der Waals surface area contributed by atoms with Crippen LogP contribution in [0.3, 0.4) is 0 Å². The van der Waals surface area contributed by atoms with E-state index in [2.05, 4.69) is 15.7 Å². The standard InChI is InChI=1S/C19H20N4O2S2/c1-3-23-12-13(11-21-23)10-20-19(26)22-17-15(18(24)25-2)9-16(27-17)14-7-5-4-6-8-14/h4-9,11-12H,3,10H2,1-2H3,(H2,20,22,26). The molecule has 0 unspecified atom stereocenters. The lowest BCUT2D eigenvalue weighted by molar-refractivity contribution is 0.0602. The number of benzene rings is 1. The number of thiophene rings is 1. The molecule has 0 saturated heterocycles. The fourth-order valence-corrected chi connectivity index (χ4v) is 3.79. The summed E-state index contributed by atoms with van der Waals surface area (Å²) in [5.41, 5.74) is 2.53. The van der Waals surface area contributed by atoms with Gasteiger partial charge in [-0.3, -0.25) is 4.68 Å². The summed E-state index contributed by atoms with van der Waals surface area (Å²) in [6.45, 7) is 3.41. The molecule has 2 N–H and O–H groups in total. The minimum absolute atomic E-state index is 0.400. The Kier molecular flexibility index (Phi) is 6.20. The molecule has 0 aliphatic rings. The monoisotopic (exact) mass is 400 g/mol. The number of rotatable bonds is 6. The highest BCUT2D eigenvalue weighted by molar-refractivity contribution is 7.80. The van der Waals surface area contributed by atoms with Gasteiger partial charge in [0.25, 0.3) is 0 Å². The van der Waals surface area contributed by atoms with Crippen LogP contribution in [0.4, 0.5) is 5.00 Å². The number of esters is 1. The van der Waals surface area contributed by atoms with Crippen LogP contribution in [0.1, 0.15) is 22.8 Å². The van der Waals surface area contributed by atoms with Crippen LogP contribution in [0, 0.1) is 0 Å². The van der Waals surface area contributed by atoms with E-state index in [0.29, 0.717) is 22.2 Å². The lowest BCUT2D eigenvalue weighted by atomic mass is 10.1. The molecule has 0 bridgehead atoms. The van der Waals surface area contributed by atoms with Gasteiger partial charge in [-0.2, -0.15) is 5.10 Å². The van der Waals surface area contributed by atoms with Gasteiger partial charge in [-0.15, -0.1) is 11.3 Å². The molecule has 2 aromatic heterocycles. The minimum atomic E-state index is -0.400. The Hall–Kier alpha value is -2.71. The van der Waals surface area contributed by atoms with Gasteiger partial charge in [0.05, 0.1) is 18.9 Å². The molecule has 0 amide bonds. The third kappa shape index (κ3) is 4.72. The molecule has 6 nitrogen and oxygen atoms in total. The summed E-state index contributed by atoms with van der Waals surface area (Å²) < 4.78 is 6.76. The Morgan fingerprint density at radius 1 is 1.33 bits per heavy atom. The number of methoxy groups -OCH3 is 1. The number of carbonyl (C=O) groups is 1. The SMILES string of the molecule is CCn1cc(CNC(=S)Nc2sc(-c3ccccc3)cc2C(=O)OC)cn1. The second kappa shape index (κ2) is 8.79. The molecule has 0 aliphatic heterocycles. The number of nitrogens with one attached hydrogen (secondary N) is 2. The van der Waals surface area contributed by atoms with Crippen LogP contribution in [0.15, 0.2) is 48.8 Å². The summed E-state index contributed by atoms with van der Waals surface area (Å²) >= 11 is 6.84. The summed E-state index contributed by atoms with van der Waals surface area (Å²) in [5, 5.41) is 11.6. The number of aromatic nitrogens is 2. The van der Waals surface area contributed by atoms with E-state index in [1.54, 1.807) is 6.20 Å². The van der Waals surface area contributed by atoms with Crippen LogP contribution < -0.4 is 10.6 Å². The Bertz CT molecular complexity index is 934. The van der Waals surface area contributed by atoms with E-state index in [9.17, 15) is 4.79 Å². The first-order chi connectivity index (χ1) is 13.1.